The molecule has 0 bridgehead atoms. The van der Waals surface area contributed by atoms with Gasteiger partial charge in [-0.05, 0) is 38.0 Å². The molecule has 0 heterocycles. The van der Waals surface area contributed by atoms with Crippen LogP contribution < -0.4 is 10.1 Å². The largest absolute Gasteiger partial charge is 0.481 e. The molecule has 0 radical (unpaired) electrons. The number of hydrogen-bond donors (Lipinski definition) is 1. The number of amides is 1. The van der Waals surface area contributed by atoms with Crippen molar-refractivity contribution in [3.63, 3.8) is 0 Å². The molecule has 0 aliphatic rings. The quantitative estimate of drug-likeness (QED) is 0.826. The van der Waals surface area contributed by atoms with E-state index in [9.17, 15) is 4.79 Å². The van der Waals surface area contributed by atoms with Crippen LogP contribution in [0.5, 0.6) is 5.75 Å². The second-order valence-electron chi connectivity index (χ2n) is 4.67. The minimum absolute atomic E-state index is 0.0663. The van der Waals surface area contributed by atoms with Crippen molar-refractivity contribution in [2.45, 2.75) is 52.2 Å². The Morgan fingerprint density at radius 2 is 2.16 bits per heavy atom. The summed E-state index contributed by atoms with van der Waals surface area (Å²) in [6, 6.07) is 7.28. The molecular weight excluding hydrogens is 262 g/mol. The number of carbonyl (C=O) groups is 1. The molecule has 2 atom stereocenters. The molecule has 0 fully saturated rings. The maximum Gasteiger partial charge on any atom is 0.261 e. The maximum absolute atomic E-state index is 12.1. The molecule has 0 aromatic heterocycles. The first-order valence-electron chi connectivity index (χ1n) is 6.79. The van der Waals surface area contributed by atoms with E-state index in [0.29, 0.717) is 17.2 Å². The number of hydrogen-bond acceptors (Lipinski definition) is 2. The molecular formula is C15H22ClNO2. The summed E-state index contributed by atoms with van der Waals surface area (Å²) in [5.41, 5.74) is 0. The monoisotopic (exact) mass is 283 g/mol. The minimum atomic E-state index is -0.474. The smallest absolute Gasteiger partial charge is 0.261 e. The predicted molar refractivity (Wildman–Crippen MR) is 78.7 cm³/mol. The number of ether oxygens (including phenoxy) is 1. The average Bonchev–Trinajstić information content (AvgIpc) is 2.36. The van der Waals surface area contributed by atoms with Crippen LogP contribution in [0.3, 0.4) is 0 Å². The summed E-state index contributed by atoms with van der Waals surface area (Å²) in [4.78, 5) is 12.1. The van der Waals surface area contributed by atoms with Gasteiger partial charge in [0.05, 0.1) is 0 Å². The van der Waals surface area contributed by atoms with E-state index in [4.69, 9.17) is 16.3 Å². The third kappa shape index (κ3) is 5.52. The van der Waals surface area contributed by atoms with Gasteiger partial charge in [-0.1, -0.05) is 37.9 Å². The minimum Gasteiger partial charge on any atom is -0.481 e. The topological polar surface area (TPSA) is 38.3 Å². The Labute approximate surface area is 120 Å². The molecule has 1 amide bonds. The second-order valence-corrected chi connectivity index (χ2v) is 5.11. The molecule has 1 aromatic carbocycles. The lowest BCUT2D eigenvalue weighted by Crippen LogP contribution is -2.42. The zero-order chi connectivity index (χ0) is 14.3. The van der Waals surface area contributed by atoms with Gasteiger partial charge in [-0.25, -0.2) is 0 Å². The third-order valence-corrected chi connectivity index (χ3v) is 3.08. The summed E-state index contributed by atoms with van der Waals surface area (Å²) in [6.07, 6.45) is 2.17. The molecule has 0 aliphatic carbocycles. The molecule has 106 valence electrons. The standard InChI is InChI=1S/C15H22ClNO2/c1-4-7-11(3)17-15(18)14(5-2)19-13-9-6-8-12(16)10-13/h6,8-11,14H,4-5,7H2,1-3H3,(H,17,18)/t11-,14-/m0/s1. The number of benzene rings is 1. The first kappa shape index (κ1) is 15.8. The van der Waals surface area contributed by atoms with Crippen LogP contribution in [-0.2, 0) is 4.79 Å². The van der Waals surface area contributed by atoms with E-state index < -0.39 is 6.10 Å². The lowest BCUT2D eigenvalue weighted by Gasteiger charge is -2.20. The van der Waals surface area contributed by atoms with Crippen LogP contribution >= 0.6 is 11.6 Å². The van der Waals surface area contributed by atoms with Crippen molar-refractivity contribution < 1.29 is 9.53 Å². The van der Waals surface area contributed by atoms with Crippen molar-refractivity contribution in [2.24, 2.45) is 0 Å². The van der Waals surface area contributed by atoms with Gasteiger partial charge in [0.15, 0.2) is 6.10 Å². The molecule has 19 heavy (non-hydrogen) atoms. The van der Waals surface area contributed by atoms with E-state index in [1.165, 1.54) is 0 Å². The van der Waals surface area contributed by atoms with Crippen molar-refractivity contribution >= 4 is 17.5 Å². The molecule has 1 aromatic rings. The number of halogens is 1. The highest BCUT2D eigenvalue weighted by Gasteiger charge is 2.19. The fourth-order valence-electron chi connectivity index (χ4n) is 1.87. The van der Waals surface area contributed by atoms with Crippen molar-refractivity contribution in [1.82, 2.24) is 5.32 Å². The van der Waals surface area contributed by atoms with E-state index in [2.05, 4.69) is 12.2 Å². The highest BCUT2D eigenvalue weighted by molar-refractivity contribution is 6.30. The zero-order valence-corrected chi connectivity index (χ0v) is 12.5. The van der Waals surface area contributed by atoms with Gasteiger partial charge < -0.3 is 10.1 Å². The van der Waals surface area contributed by atoms with Crippen molar-refractivity contribution in [3.8, 4) is 5.75 Å². The van der Waals surface area contributed by atoms with Gasteiger partial charge in [0.2, 0.25) is 0 Å². The van der Waals surface area contributed by atoms with Gasteiger partial charge in [0.1, 0.15) is 5.75 Å². The highest BCUT2D eigenvalue weighted by Crippen LogP contribution is 2.19. The van der Waals surface area contributed by atoms with Crippen molar-refractivity contribution in [1.29, 1.82) is 0 Å². The molecule has 0 unspecified atom stereocenters. The van der Waals surface area contributed by atoms with E-state index in [1.807, 2.05) is 19.9 Å². The molecule has 3 nitrogen and oxygen atoms in total. The van der Waals surface area contributed by atoms with Crippen LogP contribution in [0.25, 0.3) is 0 Å². The Morgan fingerprint density at radius 1 is 1.42 bits per heavy atom. The fourth-order valence-corrected chi connectivity index (χ4v) is 2.05. The Morgan fingerprint density at radius 3 is 2.74 bits per heavy atom. The SMILES string of the molecule is CCC[C@H](C)NC(=O)[C@H](CC)Oc1cccc(Cl)c1. The first-order valence-corrected chi connectivity index (χ1v) is 7.17. The second kappa shape index (κ2) is 8.05. The van der Waals surface area contributed by atoms with Crippen LogP contribution in [0.15, 0.2) is 24.3 Å². The van der Waals surface area contributed by atoms with Crippen LogP contribution in [0, 0.1) is 0 Å². The van der Waals surface area contributed by atoms with E-state index >= 15 is 0 Å². The Kier molecular flexibility index (Phi) is 6.71. The molecule has 1 N–H and O–H groups in total. The van der Waals surface area contributed by atoms with Gasteiger partial charge >= 0.3 is 0 Å². The molecule has 4 heteroatoms. The molecule has 0 spiro atoms. The third-order valence-electron chi connectivity index (χ3n) is 2.85. The Bertz CT molecular complexity index is 409. The summed E-state index contributed by atoms with van der Waals surface area (Å²) in [7, 11) is 0. The van der Waals surface area contributed by atoms with Gasteiger partial charge in [0, 0.05) is 11.1 Å². The fraction of sp³-hybridized carbons (Fsp3) is 0.533. The van der Waals surface area contributed by atoms with Crippen LogP contribution in [0.4, 0.5) is 0 Å². The van der Waals surface area contributed by atoms with Crippen LogP contribution in [0.1, 0.15) is 40.0 Å². The summed E-state index contributed by atoms with van der Waals surface area (Å²) >= 11 is 5.90. The number of rotatable bonds is 7. The number of nitrogens with one attached hydrogen (secondary N) is 1. The summed E-state index contributed by atoms with van der Waals surface area (Å²) in [5, 5.41) is 3.57. The van der Waals surface area contributed by atoms with Gasteiger partial charge in [-0.15, -0.1) is 0 Å². The van der Waals surface area contributed by atoms with E-state index in [-0.39, 0.29) is 11.9 Å². The first-order chi connectivity index (χ1) is 9.06. The molecule has 0 aliphatic heterocycles. The van der Waals surface area contributed by atoms with Gasteiger partial charge in [-0.3, -0.25) is 4.79 Å². The van der Waals surface area contributed by atoms with E-state index in [1.54, 1.807) is 18.2 Å². The van der Waals surface area contributed by atoms with Crippen LogP contribution in [0.2, 0.25) is 5.02 Å². The molecule has 1 rings (SSSR count). The Hall–Kier alpha value is -1.22. The molecule has 0 saturated carbocycles. The summed E-state index contributed by atoms with van der Waals surface area (Å²) in [5.74, 6) is 0.557. The van der Waals surface area contributed by atoms with E-state index in [0.717, 1.165) is 12.8 Å². The highest BCUT2D eigenvalue weighted by atomic mass is 35.5. The molecule has 0 saturated heterocycles. The average molecular weight is 284 g/mol. The van der Waals surface area contributed by atoms with Gasteiger partial charge in [-0.2, -0.15) is 0 Å². The normalized spacial score (nSPS) is 13.7. The lowest BCUT2D eigenvalue weighted by molar-refractivity contribution is -0.128. The van der Waals surface area contributed by atoms with Crippen molar-refractivity contribution in [2.75, 3.05) is 0 Å². The maximum atomic E-state index is 12.1. The van der Waals surface area contributed by atoms with Gasteiger partial charge in [0.25, 0.3) is 5.91 Å². The zero-order valence-electron chi connectivity index (χ0n) is 11.8. The summed E-state index contributed by atoms with van der Waals surface area (Å²) in [6.45, 7) is 6.04. The lowest BCUT2D eigenvalue weighted by atomic mass is 10.1. The van der Waals surface area contributed by atoms with Crippen molar-refractivity contribution in [3.05, 3.63) is 29.3 Å². The summed E-state index contributed by atoms with van der Waals surface area (Å²) < 4.78 is 5.69. The van der Waals surface area contributed by atoms with Crippen LogP contribution in [-0.4, -0.2) is 18.1 Å². The Balaban J connectivity index is 2.60. The predicted octanol–water partition coefficient (Wildman–Crippen LogP) is 3.80. The number of carbonyl (C=O) groups excluding carboxylic acids is 1.